The van der Waals surface area contributed by atoms with Gasteiger partial charge in [0.1, 0.15) is 0 Å². The van der Waals surface area contributed by atoms with Gasteiger partial charge >= 0.3 is 79.9 Å². The minimum atomic E-state index is -0.241. The van der Waals surface area contributed by atoms with E-state index < -0.39 is 0 Å². The maximum atomic E-state index is 10.1. The summed E-state index contributed by atoms with van der Waals surface area (Å²) in [6.07, 6.45) is 6.73. The number of unbranched alkanes of at least 4 members (excludes halogenated alkanes) is 5. The van der Waals surface area contributed by atoms with E-state index in [1.54, 1.807) is 0 Å². The average Bonchev–Trinajstić information content (AvgIpc) is 2.16. The second-order valence-electron chi connectivity index (χ2n) is 3.10. The molecule has 0 saturated heterocycles. The molecule has 0 heterocycles. The van der Waals surface area contributed by atoms with Crippen LogP contribution in [0.3, 0.4) is 0 Å². The summed E-state index contributed by atoms with van der Waals surface area (Å²) in [6, 6.07) is 0. The van der Waals surface area contributed by atoms with Crippen molar-refractivity contribution < 1.29 is 14.8 Å². The molecule has 0 aliphatic carbocycles. The third-order valence-electron chi connectivity index (χ3n) is 1.91. The van der Waals surface area contributed by atoms with E-state index in [0.717, 1.165) is 38.5 Å². The van der Waals surface area contributed by atoms with Gasteiger partial charge in [-0.05, 0) is 0 Å². The summed E-state index contributed by atoms with van der Waals surface area (Å²) in [4.78, 5) is 0. The molecule has 0 aliphatic rings. The summed E-state index contributed by atoms with van der Waals surface area (Å²) in [7, 11) is -0.241. The quantitative estimate of drug-likeness (QED) is 0.472. The van der Waals surface area contributed by atoms with E-state index in [-0.39, 0.29) is 20.2 Å². The summed E-state index contributed by atoms with van der Waals surface area (Å²) in [6.45, 7) is 0.281. The van der Waals surface area contributed by atoms with E-state index in [1.165, 1.54) is 0 Å². The predicted molar refractivity (Wildman–Crippen MR) is 54.0 cm³/mol. The van der Waals surface area contributed by atoms with Gasteiger partial charge in [-0.2, -0.15) is 0 Å². The van der Waals surface area contributed by atoms with Crippen molar-refractivity contribution in [3.8, 4) is 0 Å². The minimum absolute atomic E-state index is 0.0513. The van der Waals surface area contributed by atoms with Gasteiger partial charge in [0.15, 0.2) is 0 Å². The van der Waals surface area contributed by atoms with E-state index in [2.05, 4.69) is 0 Å². The van der Waals surface area contributed by atoms with Crippen LogP contribution in [-0.4, -0.2) is 22.3 Å². The van der Waals surface area contributed by atoms with E-state index >= 15 is 0 Å². The van der Waals surface area contributed by atoms with Gasteiger partial charge in [0.25, 0.3) is 0 Å². The molecule has 3 nitrogen and oxygen atoms in total. The number of aliphatic hydroxyl groups excluding tert-OH is 2. The zero-order valence-corrected chi connectivity index (χ0v) is 8.80. The molecule has 0 atom stereocenters. The second kappa shape index (κ2) is 10.1. The SMILES string of the molecule is O=[P+]=C(O)CCCCCCCCO. The summed E-state index contributed by atoms with van der Waals surface area (Å²) in [5, 5.41) is 17.4. The zero-order chi connectivity index (χ0) is 9.94. The van der Waals surface area contributed by atoms with Crippen LogP contribution >= 0.6 is 8.08 Å². The molecule has 0 aromatic carbocycles. The van der Waals surface area contributed by atoms with Gasteiger partial charge in [-0.25, -0.2) is 0 Å². The number of hydrogen-bond acceptors (Lipinski definition) is 2. The third-order valence-corrected chi connectivity index (χ3v) is 2.35. The Morgan fingerprint density at radius 3 is 2.08 bits per heavy atom. The Balaban J connectivity index is 3.04. The zero-order valence-electron chi connectivity index (χ0n) is 7.91. The topological polar surface area (TPSA) is 57.5 Å². The van der Waals surface area contributed by atoms with E-state index in [4.69, 9.17) is 10.2 Å². The summed E-state index contributed by atoms with van der Waals surface area (Å²) < 4.78 is 10.1. The van der Waals surface area contributed by atoms with Gasteiger partial charge in [0, 0.05) is 0 Å². The third kappa shape index (κ3) is 9.94. The molecule has 0 rings (SSSR count). The molecule has 4 heteroatoms. The summed E-state index contributed by atoms with van der Waals surface area (Å²) >= 11 is 0. The molecule has 76 valence electrons. The Kier molecular flexibility index (Phi) is 10.1. The van der Waals surface area contributed by atoms with Gasteiger partial charge in [-0.3, -0.25) is 0 Å². The van der Waals surface area contributed by atoms with Crippen LogP contribution < -0.4 is 0 Å². The normalized spacial score (nSPS) is 10.0. The fourth-order valence-electron chi connectivity index (χ4n) is 1.15. The number of hydrogen-bond donors (Lipinski definition) is 2. The van der Waals surface area contributed by atoms with Crippen molar-refractivity contribution in [1.82, 2.24) is 0 Å². The van der Waals surface area contributed by atoms with Gasteiger partial charge in [0.05, 0.1) is 0 Å². The van der Waals surface area contributed by atoms with Crippen LogP contribution in [0.5, 0.6) is 0 Å². The van der Waals surface area contributed by atoms with Crippen LogP contribution in [0.4, 0.5) is 0 Å². The van der Waals surface area contributed by atoms with Crippen molar-refractivity contribution in [3.63, 3.8) is 0 Å². The molecule has 0 bridgehead atoms. The van der Waals surface area contributed by atoms with Gasteiger partial charge in [-0.15, -0.1) is 0 Å². The monoisotopic (exact) mass is 205 g/mol. The van der Waals surface area contributed by atoms with Crippen LogP contribution in [-0.2, 0) is 4.57 Å². The second-order valence-corrected chi connectivity index (χ2v) is 3.80. The molecule has 0 amide bonds. The molecule has 0 fully saturated rings. The molecule has 0 unspecified atom stereocenters. The maximum absolute atomic E-state index is 10.1. The first-order valence-electron chi connectivity index (χ1n) is 4.80. The Morgan fingerprint density at radius 2 is 1.54 bits per heavy atom. The van der Waals surface area contributed by atoms with Crippen molar-refractivity contribution in [2.75, 3.05) is 6.61 Å². The molecular formula is C9H18O3P+. The molecule has 2 N–H and O–H groups in total. The molecule has 0 aliphatic heterocycles. The fraction of sp³-hybridized carbons (Fsp3) is 0.889. The molecule has 13 heavy (non-hydrogen) atoms. The standard InChI is InChI=1S/C9H17O3P/c10-8-6-4-2-1-3-5-7-9(11)13-12/h10H,1-8H2/p+1. The van der Waals surface area contributed by atoms with E-state index in [1.807, 2.05) is 0 Å². The van der Waals surface area contributed by atoms with Crippen molar-refractivity contribution in [3.05, 3.63) is 0 Å². The van der Waals surface area contributed by atoms with Crippen LogP contribution in [0.25, 0.3) is 0 Å². The predicted octanol–water partition coefficient (Wildman–Crippen LogP) is 2.50. The summed E-state index contributed by atoms with van der Waals surface area (Å²) in [5.41, 5.74) is 0.0513. The Morgan fingerprint density at radius 1 is 1.00 bits per heavy atom. The average molecular weight is 205 g/mol. The molecule has 0 saturated carbocycles. The Labute approximate surface area is 80.6 Å². The molecule has 0 aromatic rings. The first-order chi connectivity index (χ1) is 6.31. The van der Waals surface area contributed by atoms with Gasteiger partial charge in [0.2, 0.25) is 0 Å². The molecular weight excluding hydrogens is 187 g/mol. The van der Waals surface area contributed by atoms with Crippen molar-refractivity contribution in [2.45, 2.75) is 44.9 Å². The fourth-order valence-corrected chi connectivity index (χ4v) is 1.40. The molecule has 0 radical (unpaired) electrons. The number of aliphatic hydroxyl groups is 2. The van der Waals surface area contributed by atoms with E-state index in [9.17, 15) is 4.57 Å². The molecule has 0 aromatic heterocycles. The van der Waals surface area contributed by atoms with Crippen LogP contribution in [0.15, 0.2) is 0 Å². The van der Waals surface area contributed by atoms with Gasteiger partial charge < -0.3 is 0 Å². The van der Waals surface area contributed by atoms with Crippen molar-refractivity contribution in [2.24, 2.45) is 0 Å². The van der Waals surface area contributed by atoms with Crippen molar-refractivity contribution in [1.29, 1.82) is 0 Å². The van der Waals surface area contributed by atoms with Crippen LogP contribution in [0, 0.1) is 0 Å². The first-order valence-corrected chi connectivity index (χ1v) is 5.61. The van der Waals surface area contributed by atoms with Crippen molar-refractivity contribution >= 4 is 13.6 Å². The Bertz CT molecular complexity index is 164. The van der Waals surface area contributed by atoms with Crippen LogP contribution in [0.2, 0.25) is 0 Å². The Hall–Kier alpha value is 0.0200. The van der Waals surface area contributed by atoms with E-state index in [0.29, 0.717) is 6.42 Å². The molecule has 0 spiro atoms. The number of rotatable bonds is 8. The first kappa shape index (κ1) is 13.0. The summed E-state index contributed by atoms with van der Waals surface area (Å²) in [5.74, 6) is 0. The van der Waals surface area contributed by atoms with Gasteiger partial charge in [-0.1, -0.05) is 0 Å². The van der Waals surface area contributed by atoms with Crippen LogP contribution in [0.1, 0.15) is 44.9 Å².